The second-order valence-corrected chi connectivity index (χ2v) is 7.86. The molecule has 1 nitrogen and oxygen atoms in total. The first-order chi connectivity index (χ1) is 14.7. The average molecular weight is 427 g/mol. The molecule has 1 atom stereocenters. The Hall–Kier alpha value is -3.08. The van der Waals surface area contributed by atoms with Crippen LogP contribution in [0.4, 0.5) is 28.9 Å². The summed E-state index contributed by atoms with van der Waals surface area (Å²) < 4.78 is 52.7. The third-order valence-corrected chi connectivity index (χ3v) is 5.57. The van der Waals surface area contributed by atoms with Gasteiger partial charge in [-0.1, -0.05) is 49.4 Å². The Bertz CT molecular complexity index is 1010. The summed E-state index contributed by atoms with van der Waals surface area (Å²) in [5.74, 6) is -0.326. The number of hydrogen-bond acceptors (Lipinski definition) is 1. The highest BCUT2D eigenvalue weighted by molar-refractivity contribution is 5.60. The largest absolute Gasteiger partial charge is 0.416 e. The molecule has 31 heavy (non-hydrogen) atoms. The zero-order valence-corrected chi connectivity index (χ0v) is 17.3. The molecule has 1 unspecified atom stereocenters. The van der Waals surface area contributed by atoms with Crippen LogP contribution in [0.25, 0.3) is 0 Å². The maximum atomic E-state index is 14.2. The molecule has 0 fully saturated rings. The van der Waals surface area contributed by atoms with Crippen LogP contribution in [0.1, 0.15) is 36.5 Å². The molecule has 0 saturated carbocycles. The number of nitrogens with one attached hydrogen (secondary N) is 1. The monoisotopic (exact) mass is 427 g/mol. The predicted octanol–water partition coefficient (Wildman–Crippen LogP) is 8.05. The fourth-order valence-corrected chi connectivity index (χ4v) is 3.56. The van der Waals surface area contributed by atoms with Gasteiger partial charge in [-0.15, -0.1) is 6.58 Å². The fraction of sp³-hybridized carbons (Fsp3) is 0.231. The van der Waals surface area contributed by atoms with Crippen LogP contribution in [0.2, 0.25) is 0 Å². The van der Waals surface area contributed by atoms with E-state index in [1.807, 2.05) is 37.3 Å². The second kappa shape index (κ2) is 9.38. The van der Waals surface area contributed by atoms with E-state index in [1.54, 1.807) is 18.2 Å². The SMILES string of the molecule is C=CC(C)(CCCc1ccc(F)c(Nc2ccccc2)c1)c1ccc(C(F)(F)F)cc1. The van der Waals surface area contributed by atoms with E-state index in [4.69, 9.17) is 0 Å². The number of alkyl halides is 3. The first kappa shape index (κ1) is 22.6. The molecule has 0 aliphatic carbocycles. The van der Waals surface area contributed by atoms with Crippen LogP contribution in [0, 0.1) is 5.82 Å². The van der Waals surface area contributed by atoms with Gasteiger partial charge in [-0.2, -0.15) is 13.2 Å². The third-order valence-electron chi connectivity index (χ3n) is 5.57. The smallest absolute Gasteiger partial charge is 0.353 e. The Kier molecular flexibility index (Phi) is 6.84. The maximum Gasteiger partial charge on any atom is 0.416 e. The lowest BCUT2D eigenvalue weighted by atomic mass is 9.78. The Balaban J connectivity index is 1.66. The molecule has 162 valence electrons. The lowest BCUT2D eigenvalue weighted by Gasteiger charge is -2.27. The van der Waals surface area contributed by atoms with Gasteiger partial charge in [0.2, 0.25) is 0 Å². The molecule has 0 aliphatic heterocycles. The summed E-state index contributed by atoms with van der Waals surface area (Å²) >= 11 is 0. The van der Waals surface area contributed by atoms with Crippen molar-refractivity contribution in [1.29, 1.82) is 0 Å². The van der Waals surface area contributed by atoms with E-state index >= 15 is 0 Å². The predicted molar refractivity (Wildman–Crippen MR) is 118 cm³/mol. The second-order valence-electron chi connectivity index (χ2n) is 7.86. The van der Waals surface area contributed by atoms with E-state index in [0.29, 0.717) is 18.5 Å². The van der Waals surface area contributed by atoms with Gasteiger partial charge in [-0.25, -0.2) is 4.39 Å². The molecular weight excluding hydrogens is 402 g/mol. The van der Waals surface area contributed by atoms with E-state index < -0.39 is 17.2 Å². The summed E-state index contributed by atoms with van der Waals surface area (Å²) in [4.78, 5) is 0. The van der Waals surface area contributed by atoms with Crippen molar-refractivity contribution in [3.05, 3.63) is 108 Å². The summed E-state index contributed by atoms with van der Waals surface area (Å²) in [7, 11) is 0. The maximum absolute atomic E-state index is 14.2. The van der Waals surface area contributed by atoms with E-state index in [0.717, 1.165) is 35.4 Å². The minimum Gasteiger partial charge on any atom is -0.353 e. The fourth-order valence-electron chi connectivity index (χ4n) is 3.56. The first-order valence-electron chi connectivity index (χ1n) is 10.1. The van der Waals surface area contributed by atoms with Crippen LogP contribution in [0.3, 0.4) is 0 Å². The molecule has 0 aliphatic rings. The molecule has 0 aromatic heterocycles. The van der Waals surface area contributed by atoms with Crippen molar-refractivity contribution in [2.24, 2.45) is 0 Å². The summed E-state index contributed by atoms with van der Waals surface area (Å²) in [5, 5.41) is 3.09. The Morgan fingerprint density at radius 3 is 2.16 bits per heavy atom. The van der Waals surface area contributed by atoms with Gasteiger partial charge < -0.3 is 5.32 Å². The van der Waals surface area contributed by atoms with Crippen molar-refractivity contribution in [2.75, 3.05) is 5.32 Å². The van der Waals surface area contributed by atoms with Gasteiger partial charge >= 0.3 is 6.18 Å². The van der Waals surface area contributed by atoms with Gasteiger partial charge in [0.1, 0.15) is 5.82 Å². The molecule has 0 heterocycles. The van der Waals surface area contributed by atoms with Crippen LogP contribution in [0.15, 0.2) is 85.5 Å². The Morgan fingerprint density at radius 1 is 0.903 bits per heavy atom. The topological polar surface area (TPSA) is 12.0 Å². The van der Waals surface area contributed by atoms with Crippen molar-refractivity contribution < 1.29 is 17.6 Å². The normalized spacial score (nSPS) is 13.5. The zero-order valence-electron chi connectivity index (χ0n) is 17.3. The van der Waals surface area contributed by atoms with Gasteiger partial charge in [0, 0.05) is 11.1 Å². The Labute approximate surface area is 180 Å². The number of rotatable bonds is 8. The van der Waals surface area contributed by atoms with Gasteiger partial charge in [0.15, 0.2) is 0 Å². The van der Waals surface area contributed by atoms with Crippen molar-refractivity contribution in [1.82, 2.24) is 0 Å². The molecule has 3 rings (SSSR count). The van der Waals surface area contributed by atoms with E-state index in [-0.39, 0.29) is 5.82 Å². The van der Waals surface area contributed by atoms with E-state index in [1.165, 1.54) is 18.2 Å². The number of aryl methyl sites for hydroxylation is 1. The van der Waals surface area contributed by atoms with Crippen LogP contribution in [-0.2, 0) is 18.0 Å². The van der Waals surface area contributed by atoms with E-state index in [9.17, 15) is 17.6 Å². The van der Waals surface area contributed by atoms with Crippen molar-refractivity contribution in [3.63, 3.8) is 0 Å². The molecule has 0 bridgehead atoms. The number of anilines is 2. The summed E-state index contributed by atoms with van der Waals surface area (Å²) in [6, 6.07) is 19.6. The van der Waals surface area contributed by atoms with Crippen molar-refractivity contribution in [2.45, 2.75) is 37.8 Å². The molecule has 0 amide bonds. The lowest BCUT2D eigenvalue weighted by Crippen LogP contribution is -2.19. The summed E-state index contributed by atoms with van der Waals surface area (Å²) in [6.07, 6.45) is -0.367. The lowest BCUT2D eigenvalue weighted by molar-refractivity contribution is -0.137. The van der Waals surface area contributed by atoms with Gasteiger partial charge in [0.25, 0.3) is 0 Å². The van der Waals surface area contributed by atoms with Gasteiger partial charge in [0.05, 0.1) is 11.3 Å². The highest BCUT2D eigenvalue weighted by Gasteiger charge is 2.31. The number of benzene rings is 3. The standard InChI is InChI=1S/C26H25F4N/c1-3-25(2,20-12-14-21(15-13-20)26(28,29)30)17-7-8-19-11-16-23(27)24(18-19)31-22-9-5-4-6-10-22/h3-6,9-16,18,31H,1,7-8,17H2,2H3. The molecule has 5 heteroatoms. The van der Waals surface area contributed by atoms with E-state index in [2.05, 4.69) is 11.9 Å². The van der Waals surface area contributed by atoms with Crippen LogP contribution >= 0.6 is 0 Å². The van der Waals surface area contributed by atoms with Crippen LogP contribution in [-0.4, -0.2) is 0 Å². The van der Waals surface area contributed by atoms with Crippen molar-refractivity contribution >= 4 is 11.4 Å². The summed E-state index contributed by atoms with van der Waals surface area (Å²) in [5.41, 5.74) is 1.89. The van der Waals surface area contributed by atoms with Gasteiger partial charge in [-0.3, -0.25) is 0 Å². The molecule has 0 saturated heterocycles. The zero-order chi connectivity index (χ0) is 22.5. The third kappa shape index (κ3) is 5.75. The van der Waals surface area contributed by atoms with Crippen LogP contribution < -0.4 is 5.32 Å². The van der Waals surface area contributed by atoms with Crippen molar-refractivity contribution in [3.8, 4) is 0 Å². The number of hydrogen-bond donors (Lipinski definition) is 1. The number of allylic oxidation sites excluding steroid dienone is 1. The average Bonchev–Trinajstić information content (AvgIpc) is 2.76. The summed E-state index contributed by atoms with van der Waals surface area (Å²) in [6.45, 7) is 5.86. The molecule has 1 N–H and O–H groups in total. The quantitative estimate of drug-likeness (QED) is 0.283. The van der Waals surface area contributed by atoms with Gasteiger partial charge in [-0.05, 0) is 66.8 Å². The molecule has 3 aromatic carbocycles. The first-order valence-corrected chi connectivity index (χ1v) is 10.1. The molecule has 0 spiro atoms. The van der Waals surface area contributed by atoms with Crippen LogP contribution in [0.5, 0.6) is 0 Å². The minimum absolute atomic E-state index is 0.326. The number of halogens is 4. The molecular formula is C26H25F4N. The molecule has 0 radical (unpaired) electrons. The molecule has 3 aromatic rings. The minimum atomic E-state index is -4.35. The highest BCUT2D eigenvalue weighted by atomic mass is 19.4. The highest BCUT2D eigenvalue weighted by Crippen LogP contribution is 2.34. The number of para-hydroxylation sites is 1. The Morgan fingerprint density at radius 2 is 1.55 bits per heavy atom.